The molecular formula is C10H10O8. The fraction of sp³-hybridized carbons (Fsp3) is 1.00. The highest BCUT2D eigenvalue weighted by molar-refractivity contribution is 5.10. The van der Waals surface area contributed by atoms with Gasteiger partial charge in [-0.15, -0.1) is 0 Å². The average molecular weight is 258 g/mol. The van der Waals surface area contributed by atoms with E-state index in [-0.39, 0.29) is 36.3 Å². The lowest BCUT2D eigenvalue weighted by molar-refractivity contribution is -0.323. The molecule has 98 valence electrons. The maximum absolute atomic E-state index is 5.99. The van der Waals surface area contributed by atoms with Crippen molar-refractivity contribution in [3.8, 4) is 0 Å². The second-order valence-electron chi connectivity index (χ2n) is 5.42. The third-order valence-electron chi connectivity index (χ3n) is 4.69. The van der Waals surface area contributed by atoms with E-state index in [1.807, 2.05) is 0 Å². The van der Waals surface area contributed by atoms with Crippen LogP contribution in [0.1, 0.15) is 0 Å². The van der Waals surface area contributed by atoms with E-state index in [1.54, 1.807) is 0 Å². The molecule has 0 amide bonds. The maximum Gasteiger partial charge on any atom is 0.220 e. The number of ether oxygens (including phenoxy) is 4. The van der Waals surface area contributed by atoms with Crippen LogP contribution in [0.3, 0.4) is 0 Å². The highest BCUT2D eigenvalue weighted by Crippen LogP contribution is 2.57. The third-order valence-corrected chi connectivity index (χ3v) is 4.69. The summed E-state index contributed by atoms with van der Waals surface area (Å²) in [6, 6.07) is 0. The summed E-state index contributed by atoms with van der Waals surface area (Å²) in [4.78, 5) is 20.5. The van der Waals surface area contributed by atoms with Crippen LogP contribution in [0.2, 0.25) is 0 Å². The summed E-state index contributed by atoms with van der Waals surface area (Å²) < 4.78 is 23.1. The molecular weight excluding hydrogens is 248 g/mol. The molecule has 0 saturated carbocycles. The summed E-state index contributed by atoms with van der Waals surface area (Å²) in [5.41, 5.74) is 0. The maximum atomic E-state index is 5.99. The first-order valence-electron chi connectivity index (χ1n) is 6.16. The first kappa shape index (κ1) is 9.56. The average Bonchev–Trinajstić information content (AvgIpc) is 3.08. The van der Waals surface area contributed by atoms with Crippen molar-refractivity contribution in [3.63, 3.8) is 0 Å². The molecule has 0 aliphatic carbocycles. The van der Waals surface area contributed by atoms with Gasteiger partial charge in [-0.25, -0.2) is 0 Å². The van der Waals surface area contributed by atoms with Gasteiger partial charge in [0, 0.05) is 11.8 Å². The summed E-state index contributed by atoms with van der Waals surface area (Å²) >= 11 is 0. The summed E-state index contributed by atoms with van der Waals surface area (Å²) in [6.07, 6.45) is -2.71. The number of hydrogen-bond acceptors (Lipinski definition) is 8. The lowest BCUT2D eigenvalue weighted by Crippen LogP contribution is -2.48. The summed E-state index contributed by atoms with van der Waals surface area (Å²) in [6.45, 7) is 0. The Balaban J connectivity index is 1.50. The van der Waals surface area contributed by atoms with Crippen LogP contribution in [0.4, 0.5) is 0 Å². The molecule has 10 atom stereocenters. The minimum absolute atomic E-state index is 0.186. The van der Waals surface area contributed by atoms with Crippen molar-refractivity contribution in [2.45, 2.75) is 49.6 Å². The molecule has 0 spiro atoms. The minimum atomic E-state index is -0.483. The van der Waals surface area contributed by atoms with Gasteiger partial charge < -0.3 is 18.9 Å². The molecule has 6 aliphatic rings. The molecule has 6 rings (SSSR count). The van der Waals surface area contributed by atoms with E-state index < -0.39 is 25.2 Å². The molecule has 8 nitrogen and oxygen atoms in total. The zero-order valence-electron chi connectivity index (χ0n) is 9.04. The fourth-order valence-electron chi connectivity index (χ4n) is 4.06. The first-order valence-corrected chi connectivity index (χ1v) is 6.16. The molecule has 0 aromatic carbocycles. The minimum Gasteiger partial charge on any atom is -0.363 e. The number of rotatable bonds is 0. The Morgan fingerprint density at radius 3 is 1.06 bits per heavy atom. The SMILES string of the molecule is O1O[C@H]2O[C@@H]1[C@@H]1O[C@H]3C4C1[C@@H]2O[C@H]4[C@@H]1OO[C@H]3O1. The molecule has 6 saturated heterocycles. The number of fused-ring (bicyclic) bond motifs is 8. The largest absolute Gasteiger partial charge is 0.363 e. The van der Waals surface area contributed by atoms with Crippen molar-refractivity contribution in [3.05, 3.63) is 0 Å². The van der Waals surface area contributed by atoms with Gasteiger partial charge in [0.15, 0.2) is 0 Å². The molecule has 0 aromatic rings. The van der Waals surface area contributed by atoms with Gasteiger partial charge in [0.25, 0.3) is 0 Å². The number of hydrogen-bond donors (Lipinski definition) is 0. The molecule has 18 heavy (non-hydrogen) atoms. The van der Waals surface area contributed by atoms with Gasteiger partial charge in [-0.1, -0.05) is 0 Å². The molecule has 6 heterocycles. The molecule has 4 bridgehead atoms. The van der Waals surface area contributed by atoms with E-state index in [9.17, 15) is 0 Å². The highest BCUT2D eigenvalue weighted by Gasteiger charge is 2.73. The van der Waals surface area contributed by atoms with Gasteiger partial charge in [-0.05, 0) is 0 Å². The molecule has 6 aliphatic heterocycles. The van der Waals surface area contributed by atoms with Crippen LogP contribution >= 0.6 is 0 Å². The molecule has 2 unspecified atom stereocenters. The van der Waals surface area contributed by atoms with E-state index in [4.69, 9.17) is 38.5 Å². The van der Waals surface area contributed by atoms with E-state index >= 15 is 0 Å². The van der Waals surface area contributed by atoms with Crippen molar-refractivity contribution in [2.75, 3.05) is 0 Å². The first-order chi connectivity index (χ1) is 8.90. The fourth-order valence-corrected chi connectivity index (χ4v) is 4.06. The normalized spacial score (nSPS) is 70.7. The van der Waals surface area contributed by atoms with Gasteiger partial charge in [0.2, 0.25) is 25.2 Å². The van der Waals surface area contributed by atoms with Crippen molar-refractivity contribution < 1.29 is 38.5 Å². The van der Waals surface area contributed by atoms with Gasteiger partial charge in [0.1, 0.15) is 24.4 Å². The zero-order chi connectivity index (χ0) is 11.4. The van der Waals surface area contributed by atoms with Crippen LogP contribution in [-0.2, 0) is 38.5 Å². The predicted octanol–water partition coefficient (Wildman–Crippen LogP) is -0.958. The topological polar surface area (TPSA) is 73.8 Å². The van der Waals surface area contributed by atoms with E-state index in [2.05, 4.69) is 0 Å². The van der Waals surface area contributed by atoms with Crippen molar-refractivity contribution in [2.24, 2.45) is 11.8 Å². The Bertz CT molecular complexity index is 347. The molecule has 8 heteroatoms. The standard InChI is InChI=1S/C10H10O8/c11-3-1-2-5(11)9-14-10(18-17-9)6(2)12-4(1)8-13-7(3)15-16-8/h1-10H/t1?,2?,3-,4+,5+,6-,7+,8-,9-,10+. The molecule has 0 N–H and O–H groups in total. The summed E-state index contributed by atoms with van der Waals surface area (Å²) in [5.74, 6) is 0.371. The van der Waals surface area contributed by atoms with Crippen molar-refractivity contribution in [1.82, 2.24) is 0 Å². The Hall–Kier alpha value is -0.320. The van der Waals surface area contributed by atoms with E-state index in [0.717, 1.165) is 0 Å². The Morgan fingerprint density at radius 1 is 0.389 bits per heavy atom. The van der Waals surface area contributed by atoms with E-state index in [1.165, 1.54) is 0 Å². The third kappa shape index (κ3) is 0.888. The summed E-state index contributed by atoms with van der Waals surface area (Å²) in [5, 5.41) is 0. The second-order valence-corrected chi connectivity index (χ2v) is 5.42. The van der Waals surface area contributed by atoms with Crippen LogP contribution in [-0.4, -0.2) is 49.6 Å². The quantitative estimate of drug-likeness (QED) is 0.514. The van der Waals surface area contributed by atoms with Crippen LogP contribution in [0.5, 0.6) is 0 Å². The highest BCUT2D eigenvalue weighted by atomic mass is 17.3. The van der Waals surface area contributed by atoms with Crippen LogP contribution in [0.25, 0.3) is 0 Å². The van der Waals surface area contributed by atoms with Gasteiger partial charge >= 0.3 is 0 Å². The van der Waals surface area contributed by atoms with Gasteiger partial charge in [-0.3, -0.25) is 0 Å². The monoisotopic (exact) mass is 258 g/mol. The summed E-state index contributed by atoms with van der Waals surface area (Å²) in [7, 11) is 0. The smallest absolute Gasteiger partial charge is 0.220 e. The second kappa shape index (κ2) is 2.89. The van der Waals surface area contributed by atoms with Crippen LogP contribution < -0.4 is 0 Å². The lowest BCUT2D eigenvalue weighted by Gasteiger charge is -2.32. The van der Waals surface area contributed by atoms with Gasteiger partial charge in [0.05, 0.1) is 0 Å². The molecule has 0 radical (unpaired) electrons. The van der Waals surface area contributed by atoms with Crippen LogP contribution in [0, 0.1) is 11.8 Å². The molecule has 0 aromatic heterocycles. The Morgan fingerprint density at radius 2 is 0.722 bits per heavy atom. The van der Waals surface area contributed by atoms with Crippen LogP contribution in [0.15, 0.2) is 0 Å². The predicted molar refractivity (Wildman–Crippen MR) is 46.0 cm³/mol. The van der Waals surface area contributed by atoms with Crippen molar-refractivity contribution in [1.29, 1.82) is 0 Å². The van der Waals surface area contributed by atoms with Crippen molar-refractivity contribution >= 4 is 0 Å². The van der Waals surface area contributed by atoms with Gasteiger partial charge in [-0.2, -0.15) is 19.6 Å². The zero-order valence-corrected chi connectivity index (χ0v) is 9.04. The molecule has 6 fully saturated rings. The van der Waals surface area contributed by atoms with E-state index in [0.29, 0.717) is 0 Å². The Kier molecular flexibility index (Phi) is 1.53. The Labute approximate surface area is 101 Å². The lowest BCUT2D eigenvalue weighted by atomic mass is 9.80.